The second-order valence-electron chi connectivity index (χ2n) is 3.77. The van der Waals surface area contributed by atoms with Crippen molar-refractivity contribution in [3.05, 3.63) is 57.0 Å². The summed E-state index contributed by atoms with van der Waals surface area (Å²) in [6, 6.07) is 8.40. The molecule has 1 atom stereocenters. The Morgan fingerprint density at radius 1 is 1.29 bits per heavy atom. The predicted molar refractivity (Wildman–Crippen MR) is 69.0 cm³/mol. The van der Waals surface area contributed by atoms with E-state index in [1.165, 1.54) is 17.0 Å². The highest BCUT2D eigenvalue weighted by atomic mass is 35.5. The lowest BCUT2D eigenvalue weighted by molar-refractivity contribution is 0.163. The van der Waals surface area contributed by atoms with Crippen molar-refractivity contribution in [2.45, 2.75) is 18.9 Å². The van der Waals surface area contributed by atoms with Crippen LogP contribution in [-0.2, 0) is 6.42 Å². The van der Waals surface area contributed by atoms with E-state index in [1.54, 1.807) is 17.4 Å². The van der Waals surface area contributed by atoms with Crippen LogP contribution < -0.4 is 0 Å². The van der Waals surface area contributed by atoms with Crippen LogP contribution in [0.3, 0.4) is 0 Å². The minimum atomic E-state index is -0.856. The van der Waals surface area contributed by atoms with Gasteiger partial charge in [0, 0.05) is 15.5 Å². The van der Waals surface area contributed by atoms with Crippen LogP contribution in [0, 0.1) is 5.82 Å². The van der Waals surface area contributed by atoms with Gasteiger partial charge in [-0.15, -0.1) is 11.3 Å². The van der Waals surface area contributed by atoms with Crippen LogP contribution in [0.2, 0.25) is 5.02 Å². The molecule has 0 saturated heterocycles. The van der Waals surface area contributed by atoms with Crippen molar-refractivity contribution in [1.82, 2.24) is 0 Å². The minimum absolute atomic E-state index is 0.200. The van der Waals surface area contributed by atoms with Crippen molar-refractivity contribution in [1.29, 1.82) is 0 Å². The molecule has 0 saturated carbocycles. The van der Waals surface area contributed by atoms with E-state index in [0.717, 1.165) is 6.42 Å². The van der Waals surface area contributed by atoms with Crippen LogP contribution in [0.5, 0.6) is 0 Å². The Morgan fingerprint density at radius 3 is 2.76 bits per heavy atom. The molecule has 1 nitrogen and oxygen atoms in total. The highest BCUT2D eigenvalue weighted by Crippen LogP contribution is 2.29. The van der Waals surface area contributed by atoms with Gasteiger partial charge in [-0.2, -0.15) is 0 Å². The molecule has 4 heteroatoms. The molecule has 1 unspecified atom stereocenters. The summed E-state index contributed by atoms with van der Waals surface area (Å²) in [5, 5.41) is 12.2. The number of thiophene rings is 1. The maximum absolute atomic E-state index is 13.5. The first kappa shape index (κ1) is 12.6. The van der Waals surface area contributed by atoms with Crippen molar-refractivity contribution in [2.75, 3.05) is 0 Å². The average molecular weight is 271 g/mol. The van der Waals surface area contributed by atoms with Gasteiger partial charge in [-0.05, 0) is 36.4 Å². The normalized spacial score (nSPS) is 12.6. The number of hydrogen-bond acceptors (Lipinski definition) is 2. The number of rotatable bonds is 4. The van der Waals surface area contributed by atoms with E-state index in [0.29, 0.717) is 6.42 Å². The molecule has 0 amide bonds. The summed E-state index contributed by atoms with van der Waals surface area (Å²) < 4.78 is 13.5. The molecular formula is C13H12ClFOS. The fourth-order valence-corrected chi connectivity index (χ4v) is 2.72. The third-order valence-electron chi connectivity index (χ3n) is 2.58. The first-order valence-corrected chi connectivity index (χ1v) is 6.58. The molecule has 0 spiro atoms. The van der Waals surface area contributed by atoms with Crippen molar-refractivity contribution >= 4 is 22.9 Å². The molecule has 90 valence electrons. The fourth-order valence-electron chi connectivity index (χ4n) is 1.71. The van der Waals surface area contributed by atoms with E-state index < -0.39 is 11.9 Å². The maximum Gasteiger partial charge on any atom is 0.130 e. The Kier molecular flexibility index (Phi) is 4.15. The number of aryl methyl sites for hydroxylation is 1. The Morgan fingerprint density at radius 2 is 2.12 bits per heavy atom. The zero-order valence-corrected chi connectivity index (χ0v) is 10.6. The van der Waals surface area contributed by atoms with E-state index in [9.17, 15) is 9.50 Å². The lowest BCUT2D eigenvalue weighted by Crippen LogP contribution is -2.03. The van der Waals surface area contributed by atoms with Gasteiger partial charge in [0.05, 0.1) is 6.10 Å². The number of halogens is 2. The first-order chi connectivity index (χ1) is 8.18. The molecule has 0 aliphatic heterocycles. The quantitative estimate of drug-likeness (QED) is 0.882. The SMILES string of the molecule is OC(CCc1cccs1)c1c(F)cccc1Cl. The van der Waals surface area contributed by atoms with Crippen molar-refractivity contribution < 1.29 is 9.50 Å². The lowest BCUT2D eigenvalue weighted by Gasteiger charge is -2.12. The Balaban J connectivity index is 2.07. The fraction of sp³-hybridized carbons (Fsp3) is 0.231. The van der Waals surface area contributed by atoms with Gasteiger partial charge in [-0.25, -0.2) is 4.39 Å². The number of aliphatic hydroxyl groups is 1. The predicted octanol–water partition coefficient (Wildman–Crippen LogP) is 4.21. The molecule has 1 aromatic carbocycles. The van der Waals surface area contributed by atoms with E-state index in [1.807, 2.05) is 17.5 Å². The van der Waals surface area contributed by atoms with Gasteiger partial charge in [0.15, 0.2) is 0 Å². The van der Waals surface area contributed by atoms with Gasteiger partial charge in [-0.3, -0.25) is 0 Å². The molecule has 0 aliphatic rings. The zero-order chi connectivity index (χ0) is 12.3. The van der Waals surface area contributed by atoms with E-state index in [4.69, 9.17) is 11.6 Å². The lowest BCUT2D eigenvalue weighted by atomic mass is 10.0. The summed E-state index contributed by atoms with van der Waals surface area (Å²) in [6.45, 7) is 0. The Labute approximate surface area is 108 Å². The minimum Gasteiger partial charge on any atom is -0.388 e. The number of hydrogen-bond donors (Lipinski definition) is 1. The van der Waals surface area contributed by atoms with Gasteiger partial charge < -0.3 is 5.11 Å². The zero-order valence-electron chi connectivity index (χ0n) is 9.07. The molecule has 0 radical (unpaired) electrons. The molecule has 17 heavy (non-hydrogen) atoms. The second kappa shape index (κ2) is 5.63. The van der Waals surface area contributed by atoms with Crippen LogP contribution in [0.15, 0.2) is 35.7 Å². The smallest absolute Gasteiger partial charge is 0.130 e. The van der Waals surface area contributed by atoms with E-state index in [2.05, 4.69) is 0 Å². The Hall–Kier alpha value is -0.900. The molecule has 1 N–H and O–H groups in total. The summed E-state index contributed by atoms with van der Waals surface area (Å²) in [5.41, 5.74) is 0.200. The second-order valence-corrected chi connectivity index (χ2v) is 5.21. The Bertz CT molecular complexity index is 464. The summed E-state index contributed by atoms with van der Waals surface area (Å²) in [7, 11) is 0. The van der Waals surface area contributed by atoms with Crippen LogP contribution in [0.25, 0.3) is 0 Å². The summed E-state index contributed by atoms with van der Waals surface area (Å²) >= 11 is 7.52. The van der Waals surface area contributed by atoms with Crippen LogP contribution >= 0.6 is 22.9 Å². The molecule has 0 bridgehead atoms. The van der Waals surface area contributed by atoms with E-state index in [-0.39, 0.29) is 10.6 Å². The topological polar surface area (TPSA) is 20.2 Å². The first-order valence-electron chi connectivity index (χ1n) is 5.33. The molecule has 2 aromatic rings. The molecule has 0 aliphatic carbocycles. The van der Waals surface area contributed by atoms with Crippen molar-refractivity contribution in [3.63, 3.8) is 0 Å². The van der Waals surface area contributed by atoms with Gasteiger partial charge >= 0.3 is 0 Å². The largest absolute Gasteiger partial charge is 0.388 e. The third kappa shape index (κ3) is 3.06. The highest BCUT2D eigenvalue weighted by Gasteiger charge is 2.16. The molecule has 0 fully saturated rings. The highest BCUT2D eigenvalue weighted by molar-refractivity contribution is 7.09. The number of aliphatic hydroxyl groups excluding tert-OH is 1. The summed E-state index contributed by atoms with van der Waals surface area (Å²) in [4.78, 5) is 1.18. The van der Waals surface area contributed by atoms with Crippen molar-refractivity contribution in [2.24, 2.45) is 0 Å². The summed E-state index contributed by atoms with van der Waals surface area (Å²) in [5.74, 6) is -0.448. The van der Waals surface area contributed by atoms with E-state index >= 15 is 0 Å². The van der Waals surface area contributed by atoms with Crippen LogP contribution in [0.4, 0.5) is 4.39 Å². The third-order valence-corrected chi connectivity index (χ3v) is 3.84. The van der Waals surface area contributed by atoms with Gasteiger partial charge in [-0.1, -0.05) is 23.7 Å². The van der Waals surface area contributed by atoms with Crippen molar-refractivity contribution in [3.8, 4) is 0 Å². The van der Waals surface area contributed by atoms with Gasteiger partial charge in [0.25, 0.3) is 0 Å². The van der Waals surface area contributed by atoms with Crippen LogP contribution in [0.1, 0.15) is 23.0 Å². The van der Waals surface area contributed by atoms with Gasteiger partial charge in [0.1, 0.15) is 5.82 Å². The molecule has 2 rings (SSSR count). The number of benzene rings is 1. The average Bonchev–Trinajstić information content (AvgIpc) is 2.79. The maximum atomic E-state index is 13.5. The molecule has 1 aromatic heterocycles. The standard InChI is InChI=1S/C13H12ClFOS/c14-10-4-1-5-11(15)13(10)12(16)7-6-9-3-2-8-17-9/h1-5,8,12,16H,6-7H2. The van der Waals surface area contributed by atoms with Crippen LogP contribution in [-0.4, -0.2) is 5.11 Å². The van der Waals surface area contributed by atoms with Gasteiger partial charge in [0.2, 0.25) is 0 Å². The summed E-state index contributed by atoms with van der Waals surface area (Å²) in [6.07, 6.45) is 0.343. The molecule has 1 heterocycles. The molecular weight excluding hydrogens is 259 g/mol. The monoisotopic (exact) mass is 270 g/mol.